The number of nitrogens with zero attached hydrogens (tertiary/aromatic N) is 2. The smallest absolute Gasteiger partial charge is 0.387 e. The molecule has 2 fully saturated rings. The summed E-state index contributed by atoms with van der Waals surface area (Å²) >= 11 is 0. The quantitative estimate of drug-likeness (QED) is 0.103. The van der Waals surface area contributed by atoms with Crippen LogP contribution in [-0.4, -0.2) is 84.5 Å². The normalized spacial score (nSPS) is 18.0. The summed E-state index contributed by atoms with van der Waals surface area (Å²) in [5.41, 5.74) is -1.50. The molecule has 2 aliphatic rings. The molecule has 0 spiro atoms. The molecule has 4 aromatic carbocycles. The van der Waals surface area contributed by atoms with Gasteiger partial charge in [-0.3, -0.25) is 19.2 Å². The molecule has 6 rings (SSSR count). The van der Waals surface area contributed by atoms with Gasteiger partial charge in [-0.15, -0.1) is 0 Å². The predicted octanol–water partition coefficient (Wildman–Crippen LogP) is 7.70. The number of ether oxygens (including phenoxy) is 4. The molecule has 61 heavy (non-hydrogen) atoms. The number of amides is 4. The average Bonchev–Trinajstić information content (AvgIpc) is 3.78. The minimum Gasteiger partial charge on any atom is -0.490 e. The number of halogens is 6. The van der Waals surface area contributed by atoms with E-state index >= 15 is 0 Å². The SMILES string of the molecule is CCOc1cc(C2CC(=O)N(C(C(=O)Nc3cccc(F)c3)C(C)(C(=O)Nc3cccc(F)c3)N3CC(c4ccc(OC(F)F)c(OCC)c4)CC3=O)C2)ccc1OC(F)F. The Balaban J connectivity index is 1.45. The van der Waals surface area contributed by atoms with Crippen LogP contribution in [0.3, 0.4) is 0 Å². The lowest BCUT2D eigenvalue weighted by atomic mass is 9.86. The summed E-state index contributed by atoms with van der Waals surface area (Å²) in [4.78, 5) is 60.6. The Kier molecular flexibility index (Phi) is 13.6. The minimum absolute atomic E-state index is 0.0269. The van der Waals surface area contributed by atoms with E-state index < -0.39 is 71.9 Å². The van der Waals surface area contributed by atoms with Gasteiger partial charge in [0, 0.05) is 49.1 Å². The van der Waals surface area contributed by atoms with Crippen LogP contribution in [0.4, 0.5) is 37.7 Å². The second-order valence-corrected chi connectivity index (χ2v) is 14.4. The van der Waals surface area contributed by atoms with Crippen molar-refractivity contribution >= 4 is 35.0 Å². The molecule has 0 radical (unpaired) electrons. The first-order valence-corrected chi connectivity index (χ1v) is 19.3. The fourth-order valence-corrected chi connectivity index (χ4v) is 7.76. The Hall–Kier alpha value is -6.46. The van der Waals surface area contributed by atoms with Gasteiger partial charge in [-0.2, -0.15) is 17.6 Å². The van der Waals surface area contributed by atoms with E-state index in [-0.39, 0.29) is 73.5 Å². The van der Waals surface area contributed by atoms with E-state index in [4.69, 9.17) is 9.47 Å². The fraction of sp³-hybridized carbons (Fsp3) is 0.349. The highest BCUT2D eigenvalue weighted by atomic mass is 19.3. The number of benzene rings is 4. The number of anilines is 2. The molecule has 2 heterocycles. The number of carbonyl (C=O) groups is 4. The molecule has 0 aliphatic carbocycles. The highest BCUT2D eigenvalue weighted by Crippen LogP contribution is 2.43. The van der Waals surface area contributed by atoms with E-state index in [1.54, 1.807) is 13.8 Å². The summed E-state index contributed by atoms with van der Waals surface area (Å²) in [5.74, 6) is -6.66. The predicted molar refractivity (Wildman–Crippen MR) is 209 cm³/mol. The molecule has 4 unspecified atom stereocenters. The lowest BCUT2D eigenvalue weighted by molar-refractivity contribution is -0.153. The van der Waals surface area contributed by atoms with Crippen LogP contribution in [0.5, 0.6) is 23.0 Å². The van der Waals surface area contributed by atoms with Crippen LogP contribution in [0.15, 0.2) is 84.9 Å². The van der Waals surface area contributed by atoms with Crippen molar-refractivity contribution < 1.29 is 64.5 Å². The van der Waals surface area contributed by atoms with Gasteiger partial charge < -0.3 is 39.4 Å². The molecular weight excluding hydrogens is 814 g/mol. The number of carbonyl (C=O) groups excluding carboxylic acids is 4. The van der Waals surface area contributed by atoms with Gasteiger partial charge in [-0.25, -0.2) is 8.78 Å². The zero-order chi connectivity index (χ0) is 44.0. The largest absolute Gasteiger partial charge is 0.490 e. The monoisotopic (exact) mass is 856 g/mol. The van der Waals surface area contributed by atoms with Crippen LogP contribution < -0.4 is 29.6 Å². The van der Waals surface area contributed by atoms with Gasteiger partial charge in [0.25, 0.3) is 5.91 Å². The Morgan fingerprint density at radius 1 is 0.689 bits per heavy atom. The van der Waals surface area contributed by atoms with Crippen LogP contribution in [0.1, 0.15) is 56.6 Å². The molecule has 0 saturated carbocycles. The second kappa shape index (κ2) is 18.9. The van der Waals surface area contributed by atoms with Crippen molar-refractivity contribution in [1.29, 1.82) is 0 Å². The number of rotatable bonds is 17. The van der Waals surface area contributed by atoms with E-state index in [0.29, 0.717) is 11.1 Å². The topological polar surface area (TPSA) is 136 Å². The summed E-state index contributed by atoms with van der Waals surface area (Å²) in [7, 11) is 0. The molecule has 12 nitrogen and oxygen atoms in total. The number of hydrogen-bond donors (Lipinski definition) is 2. The standard InChI is InChI=1S/C43H42F6N4O8/c1-4-58-34-16-24(12-14-32(34)60-41(46)47)26-18-36(54)52(22-26)38(39(56)50-30-10-6-8-28(44)20-30)43(3,40(57)51-31-11-7-9-29(45)21-31)53-23-27(19-37(53)55)25-13-15-33(61-42(48)49)35(17-25)59-5-2/h6-17,20-21,26-27,38,41-42H,4-5,18-19,22-23H2,1-3H3,(H,50,56)(H,51,57). The molecule has 4 aromatic rings. The van der Waals surface area contributed by atoms with E-state index in [1.165, 1.54) is 67.6 Å². The summed E-state index contributed by atoms with van der Waals surface area (Å²) in [5, 5.41) is 5.20. The molecule has 18 heteroatoms. The maximum Gasteiger partial charge on any atom is 0.387 e. The van der Waals surface area contributed by atoms with E-state index in [1.807, 2.05) is 0 Å². The summed E-state index contributed by atoms with van der Waals surface area (Å²) in [6, 6.07) is 16.2. The highest BCUT2D eigenvalue weighted by molar-refractivity contribution is 6.09. The summed E-state index contributed by atoms with van der Waals surface area (Å²) < 4.78 is 102. The third kappa shape index (κ3) is 9.95. The van der Waals surface area contributed by atoms with Crippen molar-refractivity contribution in [3.63, 3.8) is 0 Å². The highest BCUT2D eigenvalue weighted by Gasteiger charge is 2.58. The lowest BCUT2D eigenvalue weighted by Gasteiger charge is -2.45. The van der Waals surface area contributed by atoms with Crippen LogP contribution in [-0.2, 0) is 19.2 Å². The molecule has 2 N–H and O–H groups in total. The van der Waals surface area contributed by atoms with Gasteiger partial charge in [0.2, 0.25) is 17.7 Å². The van der Waals surface area contributed by atoms with Gasteiger partial charge in [-0.05, 0) is 92.6 Å². The number of likely N-dealkylation sites (tertiary alicyclic amines) is 2. The van der Waals surface area contributed by atoms with Crippen molar-refractivity contribution in [3.05, 3.63) is 108 Å². The van der Waals surface area contributed by atoms with Gasteiger partial charge in [-0.1, -0.05) is 24.3 Å². The molecular formula is C43H42F6N4O8. The zero-order valence-electron chi connectivity index (χ0n) is 33.1. The minimum atomic E-state index is -3.15. The average molecular weight is 857 g/mol. The maximum absolute atomic E-state index is 14.9. The summed E-state index contributed by atoms with van der Waals surface area (Å²) in [6.45, 7) is -2.06. The Morgan fingerprint density at radius 2 is 1.18 bits per heavy atom. The van der Waals surface area contributed by atoms with E-state index in [9.17, 15) is 45.5 Å². The third-order valence-corrected chi connectivity index (χ3v) is 10.5. The molecule has 324 valence electrons. The number of hydrogen-bond acceptors (Lipinski definition) is 8. The zero-order valence-corrected chi connectivity index (χ0v) is 33.1. The lowest BCUT2D eigenvalue weighted by Crippen LogP contribution is -2.70. The van der Waals surface area contributed by atoms with Crippen LogP contribution in [0.25, 0.3) is 0 Å². The van der Waals surface area contributed by atoms with Crippen LogP contribution >= 0.6 is 0 Å². The van der Waals surface area contributed by atoms with Crippen molar-refractivity contribution in [2.75, 3.05) is 36.9 Å². The van der Waals surface area contributed by atoms with Crippen molar-refractivity contribution in [2.45, 2.75) is 70.3 Å². The maximum atomic E-state index is 14.9. The Labute approximate surface area is 346 Å². The molecule has 0 aromatic heterocycles. The number of alkyl halides is 4. The van der Waals surface area contributed by atoms with Gasteiger partial charge in [0.1, 0.15) is 23.2 Å². The van der Waals surface area contributed by atoms with E-state index in [2.05, 4.69) is 20.1 Å². The molecule has 0 bridgehead atoms. The molecule has 4 amide bonds. The van der Waals surface area contributed by atoms with Crippen LogP contribution in [0, 0.1) is 11.6 Å². The van der Waals surface area contributed by atoms with Gasteiger partial charge >= 0.3 is 13.2 Å². The summed E-state index contributed by atoms with van der Waals surface area (Å²) in [6.07, 6.45) is -0.485. The first-order valence-electron chi connectivity index (χ1n) is 19.3. The first-order chi connectivity index (χ1) is 29.1. The Morgan fingerprint density at radius 3 is 1.67 bits per heavy atom. The van der Waals surface area contributed by atoms with Crippen molar-refractivity contribution in [1.82, 2.24) is 9.80 Å². The third-order valence-electron chi connectivity index (χ3n) is 10.5. The molecule has 4 atom stereocenters. The van der Waals surface area contributed by atoms with Crippen molar-refractivity contribution in [2.24, 2.45) is 0 Å². The first kappa shape index (κ1) is 44.1. The Bertz CT molecular complexity index is 2270. The fourth-order valence-electron chi connectivity index (χ4n) is 7.76. The van der Waals surface area contributed by atoms with Gasteiger partial charge in [0.05, 0.1) is 13.2 Å². The van der Waals surface area contributed by atoms with Crippen molar-refractivity contribution in [3.8, 4) is 23.0 Å². The van der Waals surface area contributed by atoms with Gasteiger partial charge in [0.15, 0.2) is 23.0 Å². The second-order valence-electron chi connectivity index (χ2n) is 14.4. The van der Waals surface area contributed by atoms with E-state index in [0.717, 1.165) is 34.1 Å². The number of nitrogens with one attached hydrogen (secondary N) is 2. The molecule has 2 saturated heterocycles. The van der Waals surface area contributed by atoms with Crippen LogP contribution in [0.2, 0.25) is 0 Å². The molecule has 2 aliphatic heterocycles.